The van der Waals surface area contributed by atoms with Gasteiger partial charge in [0.05, 0.1) is 5.52 Å². The standard InChI is InChI=1S/C18H19N3/c1-12-8-13(2)10-16(9-12)21(3)18-7-4-14-11-15(19)5-6-17(14)20-18/h4-11H,19H2,1-3H3. The molecule has 0 aliphatic heterocycles. The molecule has 106 valence electrons. The Hall–Kier alpha value is -2.55. The summed E-state index contributed by atoms with van der Waals surface area (Å²) in [7, 11) is 2.04. The van der Waals surface area contributed by atoms with Crippen molar-refractivity contribution in [1.29, 1.82) is 0 Å². The lowest BCUT2D eigenvalue weighted by molar-refractivity contribution is 1.14. The predicted octanol–water partition coefficient (Wildman–Crippen LogP) is 4.20. The number of hydrogen-bond donors (Lipinski definition) is 1. The monoisotopic (exact) mass is 277 g/mol. The van der Waals surface area contributed by atoms with E-state index >= 15 is 0 Å². The number of nitrogens with zero attached hydrogens (tertiary/aromatic N) is 2. The zero-order valence-electron chi connectivity index (χ0n) is 12.6. The number of hydrogen-bond acceptors (Lipinski definition) is 3. The number of anilines is 3. The van der Waals surface area contributed by atoms with E-state index in [4.69, 9.17) is 10.7 Å². The first kappa shape index (κ1) is 13.4. The first-order valence-corrected chi connectivity index (χ1v) is 7.01. The summed E-state index contributed by atoms with van der Waals surface area (Å²) in [5.41, 5.74) is 11.2. The summed E-state index contributed by atoms with van der Waals surface area (Å²) in [6, 6.07) is 16.4. The molecule has 1 aromatic heterocycles. The molecule has 0 amide bonds. The molecule has 3 aromatic rings. The number of rotatable bonds is 2. The molecule has 0 spiro atoms. The van der Waals surface area contributed by atoms with Gasteiger partial charge < -0.3 is 10.6 Å². The van der Waals surface area contributed by atoms with E-state index < -0.39 is 0 Å². The van der Waals surface area contributed by atoms with Crippen LogP contribution in [0.3, 0.4) is 0 Å². The molecule has 0 radical (unpaired) electrons. The normalized spacial score (nSPS) is 10.8. The lowest BCUT2D eigenvalue weighted by atomic mass is 10.1. The van der Waals surface area contributed by atoms with Crippen molar-refractivity contribution in [2.45, 2.75) is 13.8 Å². The fraction of sp³-hybridized carbons (Fsp3) is 0.167. The van der Waals surface area contributed by atoms with Crippen molar-refractivity contribution in [3.05, 3.63) is 59.7 Å². The van der Waals surface area contributed by atoms with Crippen molar-refractivity contribution < 1.29 is 0 Å². The molecule has 3 rings (SSSR count). The van der Waals surface area contributed by atoms with Gasteiger partial charge in [-0.05, 0) is 67.4 Å². The smallest absolute Gasteiger partial charge is 0.133 e. The van der Waals surface area contributed by atoms with Gasteiger partial charge in [-0.1, -0.05) is 6.07 Å². The highest BCUT2D eigenvalue weighted by Gasteiger charge is 2.07. The minimum Gasteiger partial charge on any atom is -0.399 e. The Morgan fingerprint density at radius 3 is 2.33 bits per heavy atom. The lowest BCUT2D eigenvalue weighted by Crippen LogP contribution is -2.11. The van der Waals surface area contributed by atoms with Crippen LogP contribution < -0.4 is 10.6 Å². The Bertz CT molecular complexity index is 788. The molecule has 0 unspecified atom stereocenters. The molecule has 0 aliphatic carbocycles. The Balaban J connectivity index is 2.04. The van der Waals surface area contributed by atoms with Crippen LogP contribution in [0.4, 0.5) is 17.2 Å². The third-order valence-electron chi connectivity index (χ3n) is 3.64. The number of fused-ring (bicyclic) bond motifs is 1. The highest BCUT2D eigenvalue weighted by atomic mass is 15.2. The van der Waals surface area contributed by atoms with Crippen LogP contribution in [-0.2, 0) is 0 Å². The molecule has 0 fully saturated rings. The van der Waals surface area contributed by atoms with Gasteiger partial charge in [-0.25, -0.2) is 4.98 Å². The summed E-state index contributed by atoms with van der Waals surface area (Å²) in [5, 5.41) is 1.06. The van der Waals surface area contributed by atoms with Crippen LogP contribution >= 0.6 is 0 Å². The average Bonchev–Trinajstić information content (AvgIpc) is 2.45. The second kappa shape index (κ2) is 5.09. The van der Waals surface area contributed by atoms with E-state index in [0.717, 1.165) is 28.1 Å². The summed E-state index contributed by atoms with van der Waals surface area (Å²) >= 11 is 0. The summed E-state index contributed by atoms with van der Waals surface area (Å²) in [4.78, 5) is 6.83. The summed E-state index contributed by atoms with van der Waals surface area (Å²) in [6.45, 7) is 4.22. The predicted molar refractivity (Wildman–Crippen MR) is 90.1 cm³/mol. The van der Waals surface area contributed by atoms with Gasteiger partial charge in [-0.15, -0.1) is 0 Å². The summed E-state index contributed by atoms with van der Waals surface area (Å²) in [5.74, 6) is 0.928. The molecule has 0 saturated carbocycles. The van der Waals surface area contributed by atoms with Gasteiger partial charge in [0.25, 0.3) is 0 Å². The second-order valence-corrected chi connectivity index (χ2v) is 5.53. The number of pyridine rings is 1. The van der Waals surface area contributed by atoms with Gasteiger partial charge in [0, 0.05) is 23.8 Å². The Morgan fingerprint density at radius 1 is 0.905 bits per heavy atom. The minimum atomic E-state index is 0.764. The Morgan fingerprint density at radius 2 is 1.62 bits per heavy atom. The fourth-order valence-corrected chi connectivity index (χ4v) is 2.60. The van der Waals surface area contributed by atoms with Crippen LogP contribution in [0.15, 0.2) is 48.5 Å². The second-order valence-electron chi connectivity index (χ2n) is 5.53. The first-order chi connectivity index (χ1) is 10.0. The van der Waals surface area contributed by atoms with Crippen molar-refractivity contribution in [2.75, 3.05) is 17.7 Å². The molecule has 0 saturated heterocycles. The van der Waals surface area contributed by atoms with Gasteiger partial charge in [-0.2, -0.15) is 0 Å². The first-order valence-electron chi connectivity index (χ1n) is 7.01. The van der Waals surface area contributed by atoms with Crippen molar-refractivity contribution in [2.24, 2.45) is 0 Å². The van der Waals surface area contributed by atoms with Crippen LogP contribution in [0.2, 0.25) is 0 Å². The van der Waals surface area contributed by atoms with Crippen molar-refractivity contribution in [3.63, 3.8) is 0 Å². The van der Waals surface area contributed by atoms with Crippen LogP contribution in [-0.4, -0.2) is 12.0 Å². The molecule has 2 N–H and O–H groups in total. The quantitative estimate of drug-likeness (QED) is 0.714. The Kier molecular flexibility index (Phi) is 3.26. The third-order valence-corrected chi connectivity index (χ3v) is 3.64. The SMILES string of the molecule is Cc1cc(C)cc(N(C)c2ccc3cc(N)ccc3n2)c1. The number of aryl methyl sites for hydroxylation is 2. The van der Waals surface area contributed by atoms with Crippen molar-refractivity contribution >= 4 is 28.1 Å². The molecule has 3 heteroatoms. The van der Waals surface area contributed by atoms with Crippen molar-refractivity contribution in [1.82, 2.24) is 4.98 Å². The van der Waals surface area contributed by atoms with Crippen LogP contribution in [0, 0.1) is 13.8 Å². The molecule has 0 aliphatic rings. The van der Waals surface area contributed by atoms with Gasteiger partial charge >= 0.3 is 0 Å². The van der Waals surface area contributed by atoms with Crippen molar-refractivity contribution in [3.8, 4) is 0 Å². The third kappa shape index (κ3) is 2.68. The maximum atomic E-state index is 5.81. The largest absolute Gasteiger partial charge is 0.399 e. The van der Waals surface area contributed by atoms with E-state index in [0.29, 0.717) is 0 Å². The van der Waals surface area contributed by atoms with Gasteiger partial charge in [0.2, 0.25) is 0 Å². The van der Waals surface area contributed by atoms with Gasteiger partial charge in [0.1, 0.15) is 5.82 Å². The summed E-state index contributed by atoms with van der Waals surface area (Å²) < 4.78 is 0. The van der Waals surface area contributed by atoms with Crippen LogP contribution in [0.25, 0.3) is 10.9 Å². The van der Waals surface area contributed by atoms with E-state index in [-0.39, 0.29) is 0 Å². The molecule has 21 heavy (non-hydrogen) atoms. The highest BCUT2D eigenvalue weighted by molar-refractivity contribution is 5.84. The minimum absolute atomic E-state index is 0.764. The van der Waals surface area contributed by atoms with E-state index in [1.807, 2.05) is 31.3 Å². The maximum absolute atomic E-state index is 5.81. The molecule has 0 bridgehead atoms. The van der Waals surface area contributed by atoms with Crippen LogP contribution in [0.1, 0.15) is 11.1 Å². The molecule has 3 nitrogen and oxygen atoms in total. The van der Waals surface area contributed by atoms with Gasteiger partial charge in [0.15, 0.2) is 0 Å². The molecule has 1 heterocycles. The number of nitrogen functional groups attached to an aromatic ring is 1. The molecule has 2 aromatic carbocycles. The fourth-order valence-electron chi connectivity index (χ4n) is 2.60. The summed E-state index contributed by atoms with van der Waals surface area (Å²) in [6.07, 6.45) is 0. The maximum Gasteiger partial charge on any atom is 0.133 e. The zero-order chi connectivity index (χ0) is 15.0. The number of benzene rings is 2. The zero-order valence-corrected chi connectivity index (χ0v) is 12.6. The van der Waals surface area contributed by atoms with E-state index in [2.05, 4.69) is 43.0 Å². The number of aromatic nitrogens is 1. The molecular weight excluding hydrogens is 258 g/mol. The van der Waals surface area contributed by atoms with E-state index in [1.54, 1.807) is 0 Å². The molecule has 0 atom stereocenters. The van der Waals surface area contributed by atoms with E-state index in [9.17, 15) is 0 Å². The highest BCUT2D eigenvalue weighted by Crippen LogP contribution is 2.26. The van der Waals surface area contributed by atoms with Gasteiger partial charge in [-0.3, -0.25) is 0 Å². The molecular formula is C18H19N3. The number of nitrogens with two attached hydrogens (primary N) is 1. The van der Waals surface area contributed by atoms with E-state index in [1.165, 1.54) is 11.1 Å². The van der Waals surface area contributed by atoms with Crippen LogP contribution in [0.5, 0.6) is 0 Å². The topological polar surface area (TPSA) is 42.1 Å². The Labute approximate surface area is 125 Å². The lowest BCUT2D eigenvalue weighted by Gasteiger charge is -2.20. The average molecular weight is 277 g/mol.